The Bertz CT molecular complexity index is 1090. The van der Waals surface area contributed by atoms with E-state index >= 15 is 0 Å². The topological polar surface area (TPSA) is 80.2 Å². The van der Waals surface area contributed by atoms with Crippen LogP contribution < -0.4 is 14.8 Å². The lowest BCUT2D eigenvalue weighted by Crippen LogP contribution is -2.45. The van der Waals surface area contributed by atoms with E-state index in [0.717, 1.165) is 29.5 Å². The normalized spacial score (nSPS) is 19.4. The number of carbonyl (C=O) groups is 2. The van der Waals surface area contributed by atoms with Crippen molar-refractivity contribution in [2.45, 2.75) is 24.4 Å². The highest BCUT2D eigenvalue weighted by Crippen LogP contribution is 2.36. The second-order valence-electron chi connectivity index (χ2n) is 7.03. The molecule has 1 unspecified atom stereocenters. The minimum Gasteiger partial charge on any atom is -0.454 e. The smallest absolute Gasteiger partial charge is 0.416 e. The third kappa shape index (κ3) is 4.67. The van der Waals surface area contributed by atoms with Gasteiger partial charge in [-0.3, -0.25) is 14.5 Å². The first kappa shape index (κ1) is 22.0. The molecule has 11 heteroatoms. The van der Waals surface area contributed by atoms with Gasteiger partial charge in [0.25, 0.3) is 0 Å². The van der Waals surface area contributed by atoms with Crippen molar-refractivity contribution in [2.75, 3.05) is 13.8 Å². The van der Waals surface area contributed by atoms with Crippen LogP contribution in [-0.4, -0.2) is 41.0 Å². The average Bonchev–Trinajstić information content (AvgIpc) is 3.23. The summed E-state index contributed by atoms with van der Waals surface area (Å²) < 4.78 is 50.0. The van der Waals surface area contributed by atoms with Gasteiger partial charge in [-0.1, -0.05) is 23.9 Å². The molecule has 1 N–H and O–H groups in total. The molecule has 2 aliphatic rings. The Balaban J connectivity index is 1.67. The number of hydrogen-bond donors (Lipinski definition) is 1. The molecule has 0 bridgehead atoms. The van der Waals surface area contributed by atoms with Crippen LogP contribution in [0.3, 0.4) is 0 Å². The molecule has 0 aliphatic carbocycles. The Morgan fingerprint density at radius 2 is 2.00 bits per heavy atom. The van der Waals surface area contributed by atoms with Crippen LogP contribution in [-0.2, 0) is 22.3 Å². The lowest BCUT2D eigenvalue weighted by atomic mass is 10.1. The number of carbonyl (C=O) groups excluding carboxylic acids is 2. The molecule has 0 spiro atoms. The summed E-state index contributed by atoms with van der Waals surface area (Å²) in [7, 11) is 1.45. The molecule has 32 heavy (non-hydrogen) atoms. The lowest BCUT2D eigenvalue weighted by Gasteiger charge is -2.31. The molecular formula is C21H18F3N3O4S. The number of amides is 2. The zero-order valence-corrected chi connectivity index (χ0v) is 17.6. The molecule has 7 nitrogen and oxygen atoms in total. The van der Waals surface area contributed by atoms with E-state index in [9.17, 15) is 22.8 Å². The molecule has 2 amide bonds. The van der Waals surface area contributed by atoms with Crippen LogP contribution in [0.4, 0.5) is 18.9 Å². The van der Waals surface area contributed by atoms with Crippen LogP contribution in [0, 0.1) is 0 Å². The molecule has 168 valence electrons. The number of amidine groups is 1. The Morgan fingerprint density at radius 3 is 2.75 bits per heavy atom. The van der Waals surface area contributed by atoms with E-state index in [2.05, 4.69) is 10.3 Å². The van der Waals surface area contributed by atoms with Gasteiger partial charge in [-0.05, 0) is 35.9 Å². The van der Waals surface area contributed by atoms with Crippen molar-refractivity contribution in [2.24, 2.45) is 4.99 Å². The van der Waals surface area contributed by atoms with E-state index in [1.54, 1.807) is 18.2 Å². The largest absolute Gasteiger partial charge is 0.454 e. The average molecular weight is 465 g/mol. The molecule has 2 aliphatic heterocycles. The number of nitrogens with zero attached hydrogens (tertiary/aromatic N) is 2. The van der Waals surface area contributed by atoms with Gasteiger partial charge in [-0.25, -0.2) is 4.99 Å². The monoisotopic (exact) mass is 465 g/mol. The highest BCUT2D eigenvalue weighted by molar-refractivity contribution is 8.15. The second-order valence-corrected chi connectivity index (χ2v) is 8.20. The first-order valence-corrected chi connectivity index (χ1v) is 10.5. The highest BCUT2D eigenvalue weighted by atomic mass is 32.2. The van der Waals surface area contributed by atoms with E-state index < -0.39 is 17.0 Å². The quantitative estimate of drug-likeness (QED) is 0.745. The fourth-order valence-electron chi connectivity index (χ4n) is 3.24. The van der Waals surface area contributed by atoms with E-state index in [1.165, 1.54) is 24.1 Å². The van der Waals surface area contributed by atoms with Gasteiger partial charge in [-0.2, -0.15) is 13.2 Å². The summed E-state index contributed by atoms with van der Waals surface area (Å²) >= 11 is 1.03. The molecule has 0 aromatic heterocycles. The van der Waals surface area contributed by atoms with Gasteiger partial charge in [0.15, 0.2) is 16.7 Å². The van der Waals surface area contributed by atoms with Gasteiger partial charge in [0, 0.05) is 13.5 Å². The van der Waals surface area contributed by atoms with Crippen molar-refractivity contribution in [3.8, 4) is 11.5 Å². The fraction of sp³-hybridized carbons (Fsp3) is 0.286. The summed E-state index contributed by atoms with van der Waals surface area (Å²) in [6, 6.07) is 9.72. The van der Waals surface area contributed by atoms with Crippen molar-refractivity contribution >= 4 is 34.4 Å². The molecule has 1 saturated heterocycles. The van der Waals surface area contributed by atoms with Gasteiger partial charge >= 0.3 is 6.18 Å². The van der Waals surface area contributed by atoms with Crippen LogP contribution >= 0.6 is 11.8 Å². The first-order chi connectivity index (χ1) is 15.2. The summed E-state index contributed by atoms with van der Waals surface area (Å²) in [6.07, 6.45) is -4.58. The minimum atomic E-state index is -4.53. The molecule has 2 aromatic carbocycles. The molecule has 1 fully saturated rings. The Morgan fingerprint density at radius 1 is 1.22 bits per heavy atom. The predicted octanol–water partition coefficient (Wildman–Crippen LogP) is 3.70. The highest BCUT2D eigenvalue weighted by Gasteiger charge is 2.36. The SMILES string of the molecule is CNC(=O)C1CC(=O)N(Cc2ccc3c(c2)OCO3)C(=Nc2cccc(C(F)(F)F)c2)S1. The van der Waals surface area contributed by atoms with Crippen LogP contribution in [0.1, 0.15) is 17.5 Å². The van der Waals surface area contributed by atoms with Gasteiger partial charge in [0.2, 0.25) is 18.6 Å². The molecule has 0 saturated carbocycles. The van der Waals surface area contributed by atoms with Crippen molar-refractivity contribution < 1.29 is 32.2 Å². The van der Waals surface area contributed by atoms with Crippen LogP contribution in [0.15, 0.2) is 47.5 Å². The number of aliphatic imine (C=N–C) groups is 1. The maximum absolute atomic E-state index is 13.1. The maximum Gasteiger partial charge on any atom is 0.416 e. The summed E-state index contributed by atoms with van der Waals surface area (Å²) in [5, 5.41) is 1.91. The number of hydrogen-bond acceptors (Lipinski definition) is 6. The number of rotatable bonds is 4. The predicted molar refractivity (Wildman–Crippen MR) is 112 cm³/mol. The number of thioether (sulfide) groups is 1. The summed E-state index contributed by atoms with van der Waals surface area (Å²) in [6.45, 7) is 0.216. The maximum atomic E-state index is 13.1. The first-order valence-electron chi connectivity index (χ1n) is 9.57. The number of nitrogens with one attached hydrogen (secondary N) is 1. The van der Waals surface area contributed by atoms with Gasteiger partial charge in [-0.15, -0.1) is 0 Å². The third-order valence-corrected chi connectivity index (χ3v) is 6.04. The van der Waals surface area contributed by atoms with E-state index in [4.69, 9.17) is 9.47 Å². The second kappa shape index (κ2) is 8.73. The number of fused-ring (bicyclic) bond motifs is 1. The van der Waals surface area contributed by atoms with Crippen LogP contribution in [0.25, 0.3) is 0 Å². The van der Waals surface area contributed by atoms with Crippen molar-refractivity contribution in [1.82, 2.24) is 10.2 Å². The molecular weight excluding hydrogens is 447 g/mol. The summed E-state index contributed by atoms with van der Waals surface area (Å²) in [5.41, 5.74) is -0.0987. The van der Waals surface area contributed by atoms with Gasteiger partial charge in [0.05, 0.1) is 23.0 Å². The Labute approximate surface area is 185 Å². The molecule has 2 heterocycles. The van der Waals surface area contributed by atoms with Gasteiger partial charge in [0.1, 0.15) is 0 Å². The van der Waals surface area contributed by atoms with E-state index in [0.29, 0.717) is 11.5 Å². The van der Waals surface area contributed by atoms with E-state index in [-0.39, 0.29) is 42.4 Å². The van der Waals surface area contributed by atoms with Crippen LogP contribution in [0.5, 0.6) is 11.5 Å². The lowest BCUT2D eigenvalue weighted by molar-refractivity contribution is -0.137. The zero-order valence-electron chi connectivity index (χ0n) is 16.8. The van der Waals surface area contributed by atoms with Gasteiger partial charge < -0.3 is 14.8 Å². The molecule has 1 atom stereocenters. The van der Waals surface area contributed by atoms with Crippen molar-refractivity contribution in [3.05, 3.63) is 53.6 Å². The Kier molecular flexibility index (Phi) is 6.00. The molecule has 2 aromatic rings. The molecule has 0 radical (unpaired) electrons. The zero-order chi connectivity index (χ0) is 22.9. The minimum absolute atomic E-state index is 0.0309. The van der Waals surface area contributed by atoms with Crippen molar-refractivity contribution in [1.29, 1.82) is 0 Å². The number of alkyl halides is 3. The summed E-state index contributed by atoms with van der Waals surface area (Å²) in [5.74, 6) is 0.411. The van der Waals surface area contributed by atoms with Crippen molar-refractivity contribution in [3.63, 3.8) is 0 Å². The fourth-order valence-corrected chi connectivity index (χ4v) is 4.40. The number of ether oxygens (including phenoxy) is 2. The Hall–Kier alpha value is -3.21. The molecule has 4 rings (SSSR count). The standard InChI is InChI=1S/C21H18F3N3O4S/c1-25-19(29)17-9-18(28)27(10-12-5-6-15-16(7-12)31-11-30-15)20(32-17)26-14-4-2-3-13(8-14)21(22,23)24/h2-8,17H,9-11H2,1H3,(H,25,29). The third-order valence-electron chi connectivity index (χ3n) is 4.85. The number of halogens is 3. The number of benzene rings is 2. The van der Waals surface area contributed by atoms with E-state index in [1.807, 2.05) is 0 Å². The van der Waals surface area contributed by atoms with Crippen LogP contribution in [0.2, 0.25) is 0 Å². The summed E-state index contributed by atoms with van der Waals surface area (Å²) in [4.78, 5) is 30.7.